The molecule has 1 unspecified atom stereocenters. The quantitative estimate of drug-likeness (QED) is 0.494. The fraction of sp³-hybridized carbons (Fsp3) is 0.350. The molecule has 0 spiro atoms. The highest BCUT2D eigenvalue weighted by molar-refractivity contribution is 6.31. The van der Waals surface area contributed by atoms with Crippen LogP contribution in [-0.4, -0.2) is 33.5 Å². The monoisotopic (exact) mass is 464 g/mol. The van der Waals surface area contributed by atoms with Crippen LogP contribution >= 0.6 is 11.6 Å². The summed E-state index contributed by atoms with van der Waals surface area (Å²) in [5, 5.41) is 14.0. The molecule has 1 aliphatic carbocycles. The van der Waals surface area contributed by atoms with Gasteiger partial charge < -0.3 is 15.0 Å². The Balaban J connectivity index is 1.69. The summed E-state index contributed by atoms with van der Waals surface area (Å²) >= 11 is 6.04. The largest absolute Gasteiger partial charge is 0.494 e. The van der Waals surface area contributed by atoms with Crippen LogP contribution in [0.15, 0.2) is 41.1 Å². The Bertz CT molecular complexity index is 1170. The first-order valence-corrected chi connectivity index (χ1v) is 10.00. The van der Waals surface area contributed by atoms with Gasteiger partial charge in [-0.05, 0) is 11.5 Å². The molecule has 168 valence electrons. The summed E-state index contributed by atoms with van der Waals surface area (Å²) < 4.78 is 33.2. The van der Waals surface area contributed by atoms with Crippen LogP contribution in [-0.2, 0) is 0 Å². The lowest BCUT2D eigenvalue weighted by Gasteiger charge is -2.27. The maximum atomic E-state index is 14.1. The average molecular weight is 465 g/mol. The van der Waals surface area contributed by atoms with Crippen LogP contribution in [0.3, 0.4) is 0 Å². The third-order valence-electron chi connectivity index (χ3n) is 5.61. The van der Waals surface area contributed by atoms with Crippen molar-refractivity contribution < 1.29 is 18.4 Å². The molecular weight excluding hydrogens is 446 g/mol. The smallest absolute Gasteiger partial charge is 0.307 e. The third-order valence-corrected chi connectivity index (χ3v) is 5.92. The van der Waals surface area contributed by atoms with Crippen molar-refractivity contribution in [3.8, 4) is 5.75 Å². The van der Waals surface area contributed by atoms with E-state index in [2.05, 4.69) is 20.3 Å². The standard InChI is InChI=1S/C20H19ClF2N6O3/c1-20(2)8-28(15-5-11(21)12(22)4-10(15)20)19-25-9-24-18(27-19)26-14-7-16(29(30)31)13(23)6-17(14)32-3/h5-7,9-10H,4,8H2,1-3H3,(H,24,25,26,27). The first-order valence-electron chi connectivity index (χ1n) is 9.62. The van der Waals surface area contributed by atoms with Gasteiger partial charge in [-0.15, -0.1) is 0 Å². The highest BCUT2D eigenvalue weighted by Crippen LogP contribution is 2.50. The highest BCUT2D eigenvalue weighted by atomic mass is 35.5. The van der Waals surface area contributed by atoms with Crippen molar-refractivity contribution in [1.82, 2.24) is 15.0 Å². The summed E-state index contributed by atoms with van der Waals surface area (Å²) in [4.78, 5) is 24.8. The van der Waals surface area contributed by atoms with Gasteiger partial charge in [-0.25, -0.2) is 14.4 Å². The molecule has 0 radical (unpaired) electrons. The zero-order valence-corrected chi connectivity index (χ0v) is 18.2. The fourth-order valence-electron chi connectivity index (χ4n) is 3.98. The summed E-state index contributed by atoms with van der Waals surface area (Å²) in [6, 6.07) is 1.91. The van der Waals surface area contributed by atoms with Crippen molar-refractivity contribution in [1.29, 1.82) is 0 Å². The van der Waals surface area contributed by atoms with Crippen molar-refractivity contribution in [2.45, 2.75) is 20.3 Å². The number of hydrogen-bond donors (Lipinski definition) is 1. The summed E-state index contributed by atoms with van der Waals surface area (Å²) in [5.74, 6) is -1.07. The van der Waals surface area contributed by atoms with E-state index in [0.29, 0.717) is 12.5 Å². The molecule has 32 heavy (non-hydrogen) atoms. The lowest BCUT2D eigenvalue weighted by atomic mass is 9.77. The third kappa shape index (κ3) is 3.83. The van der Waals surface area contributed by atoms with E-state index in [1.807, 2.05) is 18.7 Å². The summed E-state index contributed by atoms with van der Waals surface area (Å²) in [5.41, 5.74) is -0.0692. The molecule has 1 aromatic carbocycles. The fourth-order valence-corrected chi connectivity index (χ4v) is 4.17. The maximum absolute atomic E-state index is 14.1. The molecule has 1 saturated heterocycles. The second kappa shape index (κ2) is 7.97. The Hall–Kier alpha value is -3.34. The molecule has 1 aromatic heterocycles. The molecule has 2 heterocycles. The van der Waals surface area contributed by atoms with Crippen LogP contribution in [0.4, 0.5) is 32.1 Å². The van der Waals surface area contributed by atoms with Gasteiger partial charge in [-0.2, -0.15) is 9.37 Å². The van der Waals surface area contributed by atoms with Crippen molar-refractivity contribution in [2.75, 3.05) is 23.9 Å². The van der Waals surface area contributed by atoms with Gasteiger partial charge in [0.25, 0.3) is 0 Å². The molecular formula is C20H19ClF2N6O3. The van der Waals surface area contributed by atoms with Gasteiger partial charge in [0.1, 0.15) is 17.9 Å². The van der Waals surface area contributed by atoms with E-state index in [4.69, 9.17) is 16.3 Å². The van der Waals surface area contributed by atoms with E-state index >= 15 is 0 Å². The Kier molecular flexibility index (Phi) is 5.45. The number of aromatic nitrogens is 3. The van der Waals surface area contributed by atoms with Crippen LogP contribution in [0, 0.1) is 27.3 Å². The Morgan fingerprint density at radius 1 is 1.34 bits per heavy atom. The topological polar surface area (TPSA) is 106 Å². The Labute approximate surface area is 186 Å². The van der Waals surface area contributed by atoms with E-state index in [9.17, 15) is 18.9 Å². The number of nitrogens with one attached hydrogen (secondary N) is 1. The maximum Gasteiger partial charge on any atom is 0.307 e. The molecule has 1 aliphatic heterocycles. The van der Waals surface area contributed by atoms with E-state index < -0.39 is 16.4 Å². The normalized spacial score (nSPS) is 19.5. The van der Waals surface area contributed by atoms with E-state index in [1.165, 1.54) is 13.4 Å². The zero-order valence-electron chi connectivity index (χ0n) is 17.4. The molecule has 2 aliphatic rings. The minimum Gasteiger partial charge on any atom is -0.494 e. The lowest BCUT2D eigenvalue weighted by molar-refractivity contribution is -0.387. The number of nitrogens with zero attached hydrogens (tertiary/aromatic N) is 5. The molecule has 0 amide bonds. The van der Waals surface area contributed by atoms with E-state index in [0.717, 1.165) is 17.8 Å². The number of halogens is 3. The predicted molar refractivity (Wildman–Crippen MR) is 114 cm³/mol. The molecule has 12 heteroatoms. The number of anilines is 3. The minimum atomic E-state index is -1.03. The van der Waals surface area contributed by atoms with E-state index in [-0.39, 0.29) is 46.0 Å². The molecule has 0 saturated carbocycles. The SMILES string of the molecule is COc1cc(F)c([N+](=O)[O-])cc1Nc1ncnc(N2CC(C)(C)C3CC(F)=C(Cl)C=C32)n1. The van der Waals surface area contributed by atoms with Gasteiger partial charge >= 0.3 is 5.69 Å². The van der Waals surface area contributed by atoms with Crippen molar-refractivity contribution in [3.63, 3.8) is 0 Å². The Morgan fingerprint density at radius 3 is 2.78 bits per heavy atom. The second-order valence-corrected chi connectivity index (χ2v) is 8.56. The van der Waals surface area contributed by atoms with Gasteiger partial charge in [-0.1, -0.05) is 25.4 Å². The number of methoxy groups -OCH3 is 1. The van der Waals surface area contributed by atoms with Gasteiger partial charge in [0, 0.05) is 36.7 Å². The molecule has 2 aromatic rings. The number of ether oxygens (including phenoxy) is 1. The van der Waals surface area contributed by atoms with Crippen molar-refractivity contribution in [2.24, 2.45) is 11.3 Å². The first-order chi connectivity index (χ1) is 15.1. The minimum absolute atomic E-state index is 0.0415. The van der Waals surface area contributed by atoms with Crippen molar-refractivity contribution >= 4 is 34.9 Å². The van der Waals surface area contributed by atoms with Crippen molar-refractivity contribution in [3.05, 3.63) is 57.0 Å². The summed E-state index contributed by atoms with van der Waals surface area (Å²) in [6.07, 6.45) is 3.06. The molecule has 4 rings (SSSR count). The van der Waals surface area contributed by atoms with Gasteiger partial charge in [0.05, 0.1) is 22.8 Å². The van der Waals surface area contributed by atoms with Crippen LogP contribution in [0.2, 0.25) is 0 Å². The average Bonchev–Trinajstić information content (AvgIpc) is 2.99. The van der Waals surface area contributed by atoms with Crippen LogP contribution in [0.25, 0.3) is 0 Å². The number of nitro groups is 1. The predicted octanol–water partition coefficient (Wildman–Crippen LogP) is 4.84. The zero-order chi connectivity index (χ0) is 23.2. The molecule has 1 fully saturated rings. The van der Waals surface area contributed by atoms with Crippen LogP contribution < -0.4 is 15.0 Å². The van der Waals surface area contributed by atoms with Gasteiger partial charge in [0.2, 0.25) is 17.7 Å². The first kappa shape index (κ1) is 21.9. The number of fused-ring (bicyclic) bond motifs is 1. The number of hydrogen-bond acceptors (Lipinski definition) is 8. The number of rotatable bonds is 5. The number of allylic oxidation sites excluding steroid dienone is 4. The van der Waals surface area contributed by atoms with E-state index in [1.54, 1.807) is 6.08 Å². The number of benzene rings is 1. The lowest BCUT2D eigenvalue weighted by Crippen LogP contribution is -2.24. The van der Waals surface area contributed by atoms with Gasteiger partial charge in [0.15, 0.2) is 0 Å². The molecule has 0 bridgehead atoms. The van der Waals surface area contributed by atoms with Crippen LogP contribution in [0.5, 0.6) is 5.75 Å². The van der Waals surface area contributed by atoms with Crippen LogP contribution in [0.1, 0.15) is 20.3 Å². The Morgan fingerprint density at radius 2 is 2.09 bits per heavy atom. The second-order valence-electron chi connectivity index (χ2n) is 8.15. The molecule has 1 N–H and O–H groups in total. The van der Waals surface area contributed by atoms with Gasteiger partial charge in [-0.3, -0.25) is 10.1 Å². The summed E-state index contributed by atoms with van der Waals surface area (Å²) in [6.45, 7) is 4.58. The molecule has 9 nitrogen and oxygen atoms in total. The molecule has 1 atom stereocenters. The summed E-state index contributed by atoms with van der Waals surface area (Å²) in [7, 11) is 1.31. The highest BCUT2D eigenvalue weighted by Gasteiger charge is 2.46. The number of nitro benzene ring substituents is 1.